The summed E-state index contributed by atoms with van der Waals surface area (Å²) in [5.74, 6) is 0. The number of hydrogen-bond donors (Lipinski definition) is 1. The molecule has 1 aromatic carbocycles. The SMILES string of the molecule is N#Cc1ccc(NCCCN2CC3CN(Cc4cn5ccccc5n4)CC(C2)O3)cc1. The van der Waals surface area contributed by atoms with E-state index in [4.69, 9.17) is 15.0 Å². The third kappa shape index (κ3) is 4.88. The molecule has 3 aromatic rings. The monoisotopic (exact) mass is 416 g/mol. The largest absolute Gasteiger partial charge is 0.385 e. The summed E-state index contributed by atoms with van der Waals surface area (Å²) >= 11 is 0. The van der Waals surface area contributed by atoms with Gasteiger partial charge in [0.2, 0.25) is 0 Å². The van der Waals surface area contributed by atoms with E-state index in [1.54, 1.807) is 0 Å². The van der Waals surface area contributed by atoms with Gasteiger partial charge in [0.05, 0.1) is 29.5 Å². The second kappa shape index (κ2) is 9.06. The van der Waals surface area contributed by atoms with Crippen molar-refractivity contribution in [3.63, 3.8) is 0 Å². The molecule has 5 rings (SSSR count). The molecule has 2 saturated heterocycles. The highest BCUT2D eigenvalue weighted by molar-refractivity contribution is 5.47. The Hall–Kier alpha value is -2.92. The fourth-order valence-electron chi connectivity index (χ4n) is 4.66. The van der Waals surface area contributed by atoms with E-state index in [0.29, 0.717) is 5.56 Å². The second-order valence-corrected chi connectivity index (χ2v) is 8.50. The first-order valence-corrected chi connectivity index (χ1v) is 11.0. The lowest BCUT2D eigenvalue weighted by Gasteiger charge is -2.45. The van der Waals surface area contributed by atoms with Gasteiger partial charge >= 0.3 is 0 Å². The Morgan fingerprint density at radius 3 is 2.55 bits per heavy atom. The zero-order valence-electron chi connectivity index (χ0n) is 17.7. The van der Waals surface area contributed by atoms with Crippen LogP contribution in [0.4, 0.5) is 5.69 Å². The van der Waals surface area contributed by atoms with E-state index in [2.05, 4.69) is 31.8 Å². The Morgan fingerprint density at radius 1 is 1.03 bits per heavy atom. The van der Waals surface area contributed by atoms with Crippen molar-refractivity contribution in [1.29, 1.82) is 5.26 Å². The molecule has 7 nitrogen and oxygen atoms in total. The Bertz CT molecular complexity index is 1010. The molecule has 0 radical (unpaired) electrons. The lowest BCUT2D eigenvalue weighted by Crippen LogP contribution is -2.59. The van der Waals surface area contributed by atoms with Crippen LogP contribution in [0.15, 0.2) is 54.9 Å². The third-order valence-corrected chi connectivity index (χ3v) is 6.03. The molecule has 2 aromatic heterocycles. The average Bonchev–Trinajstić information content (AvgIpc) is 3.19. The fraction of sp³-hybridized carbons (Fsp3) is 0.417. The first kappa shape index (κ1) is 20.0. The predicted molar refractivity (Wildman–Crippen MR) is 120 cm³/mol. The number of morpholine rings is 2. The van der Waals surface area contributed by atoms with E-state index >= 15 is 0 Å². The van der Waals surface area contributed by atoms with Gasteiger partial charge in [0, 0.05) is 63.9 Å². The van der Waals surface area contributed by atoms with Gasteiger partial charge in [0.1, 0.15) is 5.65 Å². The molecule has 2 unspecified atom stereocenters. The summed E-state index contributed by atoms with van der Waals surface area (Å²) < 4.78 is 8.31. The van der Waals surface area contributed by atoms with Crippen molar-refractivity contribution in [1.82, 2.24) is 19.2 Å². The number of nitriles is 1. The number of nitrogens with one attached hydrogen (secondary N) is 1. The first-order valence-electron chi connectivity index (χ1n) is 11.0. The summed E-state index contributed by atoms with van der Waals surface area (Å²) in [6.07, 6.45) is 5.82. The van der Waals surface area contributed by atoms with Crippen molar-refractivity contribution in [3.8, 4) is 6.07 Å². The molecular weight excluding hydrogens is 388 g/mol. The minimum absolute atomic E-state index is 0.274. The van der Waals surface area contributed by atoms with E-state index < -0.39 is 0 Å². The van der Waals surface area contributed by atoms with Crippen LogP contribution in [0, 0.1) is 11.3 Å². The minimum atomic E-state index is 0.274. The zero-order chi connectivity index (χ0) is 21.0. The molecule has 160 valence electrons. The summed E-state index contributed by atoms with van der Waals surface area (Å²) in [5, 5.41) is 12.3. The highest BCUT2D eigenvalue weighted by Gasteiger charge is 2.34. The van der Waals surface area contributed by atoms with Gasteiger partial charge in [-0.3, -0.25) is 9.80 Å². The Balaban J connectivity index is 1.07. The number of hydrogen-bond acceptors (Lipinski definition) is 6. The standard InChI is InChI=1S/C24H28N6O/c25-12-19-5-7-20(8-6-19)26-9-3-10-28-15-22-17-29(18-23(16-28)31-22)13-21-14-30-11-2-1-4-24(30)27-21/h1-2,4-8,11,14,22-23,26H,3,9-10,13,15-18H2. The molecule has 31 heavy (non-hydrogen) atoms. The van der Waals surface area contributed by atoms with Crippen LogP contribution in [0.1, 0.15) is 17.7 Å². The lowest BCUT2D eigenvalue weighted by molar-refractivity contribution is -0.140. The number of nitrogens with zero attached hydrogens (tertiary/aromatic N) is 5. The van der Waals surface area contributed by atoms with Crippen LogP contribution in [0.2, 0.25) is 0 Å². The van der Waals surface area contributed by atoms with Crippen LogP contribution < -0.4 is 5.32 Å². The van der Waals surface area contributed by atoms with Gasteiger partial charge in [-0.2, -0.15) is 5.26 Å². The van der Waals surface area contributed by atoms with E-state index in [1.807, 2.05) is 48.7 Å². The number of rotatable bonds is 7. The minimum Gasteiger partial charge on any atom is -0.385 e. The van der Waals surface area contributed by atoms with Gasteiger partial charge in [-0.05, 0) is 42.8 Å². The van der Waals surface area contributed by atoms with E-state index in [-0.39, 0.29) is 12.2 Å². The summed E-state index contributed by atoms with van der Waals surface area (Å²) in [6, 6.07) is 15.9. The molecule has 7 heteroatoms. The van der Waals surface area contributed by atoms with Crippen LogP contribution >= 0.6 is 0 Å². The molecular formula is C24H28N6O. The van der Waals surface area contributed by atoms with Crippen molar-refractivity contribution in [3.05, 3.63) is 66.1 Å². The molecule has 0 aliphatic carbocycles. The zero-order valence-corrected chi connectivity index (χ0v) is 17.7. The summed E-state index contributed by atoms with van der Waals surface area (Å²) in [5.41, 5.74) is 3.89. The van der Waals surface area contributed by atoms with E-state index in [9.17, 15) is 0 Å². The smallest absolute Gasteiger partial charge is 0.137 e. The van der Waals surface area contributed by atoms with Gasteiger partial charge in [0.25, 0.3) is 0 Å². The molecule has 0 spiro atoms. The molecule has 2 aliphatic heterocycles. The Labute approximate surface area is 182 Å². The number of benzene rings is 1. The van der Waals surface area contributed by atoms with Crippen molar-refractivity contribution in [2.24, 2.45) is 0 Å². The van der Waals surface area contributed by atoms with Gasteiger partial charge < -0.3 is 14.5 Å². The number of aromatic nitrogens is 2. The second-order valence-electron chi connectivity index (χ2n) is 8.50. The normalized spacial score (nSPS) is 21.8. The lowest BCUT2D eigenvalue weighted by atomic mass is 10.1. The molecule has 2 bridgehead atoms. The first-order chi connectivity index (χ1) is 15.2. The van der Waals surface area contributed by atoms with Crippen molar-refractivity contribution >= 4 is 11.3 Å². The average molecular weight is 417 g/mol. The van der Waals surface area contributed by atoms with E-state index in [1.165, 1.54) is 0 Å². The molecule has 1 N–H and O–H groups in total. The molecule has 4 heterocycles. The van der Waals surface area contributed by atoms with Gasteiger partial charge in [-0.1, -0.05) is 6.07 Å². The molecule has 2 aliphatic rings. The van der Waals surface area contributed by atoms with Crippen LogP contribution in [-0.4, -0.2) is 70.7 Å². The highest BCUT2D eigenvalue weighted by Crippen LogP contribution is 2.21. The van der Waals surface area contributed by atoms with Crippen LogP contribution in [0.3, 0.4) is 0 Å². The maximum Gasteiger partial charge on any atom is 0.137 e. The van der Waals surface area contributed by atoms with Crippen molar-refractivity contribution in [2.75, 3.05) is 44.6 Å². The third-order valence-electron chi connectivity index (χ3n) is 6.03. The van der Waals surface area contributed by atoms with E-state index in [0.717, 1.165) is 69.3 Å². The molecule has 0 saturated carbocycles. The maximum absolute atomic E-state index is 8.88. The predicted octanol–water partition coefficient (Wildman–Crippen LogP) is 2.59. The molecule has 0 amide bonds. The Morgan fingerprint density at radius 2 is 1.81 bits per heavy atom. The topological polar surface area (TPSA) is 68.8 Å². The maximum atomic E-state index is 8.88. The molecule has 2 atom stereocenters. The number of imidazole rings is 1. The van der Waals surface area contributed by atoms with Crippen molar-refractivity contribution in [2.45, 2.75) is 25.2 Å². The number of ether oxygens (including phenoxy) is 1. The van der Waals surface area contributed by atoms with Crippen LogP contribution in [0.5, 0.6) is 0 Å². The van der Waals surface area contributed by atoms with Gasteiger partial charge in [0.15, 0.2) is 0 Å². The van der Waals surface area contributed by atoms with Gasteiger partial charge in [-0.25, -0.2) is 4.98 Å². The van der Waals surface area contributed by atoms with Crippen LogP contribution in [-0.2, 0) is 11.3 Å². The quantitative estimate of drug-likeness (QED) is 0.597. The van der Waals surface area contributed by atoms with Crippen molar-refractivity contribution < 1.29 is 4.74 Å². The Kier molecular flexibility index (Phi) is 5.85. The summed E-state index contributed by atoms with van der Waals surface area (Å²) in [6.45, 7) is 6.80. The fourth-order valence-corrected chi connectivity index (χ4v) is 4.66. The highest BCUT2D eigenvalue weighted by atomic mass is 16.5. The van der Waals surface area contributed by atoms with Crippen LogP contribution in [0.25, 0.3) is 5.65 Å². The number of pyridine rings is 1. The summed E-state index contributed by atoms with van der Waals surface area (Å²) in [4.78, 5) is 9.78. The summed E-state index contributed by atoms with van der Waals surface area (Å²) in [7, 11) is 0. The number of fused-ring (bicyclic) bond motifs is 3. The number of anilines is 1. The molecule has 2 fully saturated rings. The van der Waals surface area contributed by atoms with Gasteiger partial charge in [-0.15, -0.1) is 0 Å².